The summed E-state index contributed by atoms with van der Waals surface area (Å²) < 4.78 is 0. The van der Waals surface area contributed by atoms with E-state index >= 15 is 0 Å². The predicted octanol–water partition coefficient (Wildman–Crippen LogP) is 3.08. The van der Waals surface area contributed by atoms with Gasteiger partial charge >= 0.3 is 0 Å². The SMILES string of the molecule is C=C(C)CN(CC)C(=O)CN(Cc1ccccc1)C1CC1. The summed E-state index contributed by atoms with van der Waals surface area (Å²) in [7, 11) is 0. The van der Waals surface area contributed by atoms with Crippen LogP contribution in [0.2, 0.25) is 0 Å². The average Bonchev–Trinajstić information content (AvgIpc) is 3.29. The maximum Gasteiger partial charge on any atom is 0.237 e. The van der Waals surface area contributed by atoms with E-state index in [9.17, 15) is 4.79 Å². The molecule has 1 aliphatic rings. The van der Waals surface area contributed by atoms with Gasteiger partial charge in [0.2, 0.25) is 5.91 Å². The number of carbonyl (C=O) groups is 1. The third-order valence-corrected chi connectivity index (χ3v) is 3.83. The molecule has 1 amide bonds. The van der Waals surface area contributed by atoms with Crippen molar-refractivity contribution in [3.05, 3.63) is 48.0 Å². The van der Waals surface area contributed by atoms with E-state index in [1.807, 2.05) is 24.8 Å². The van der Waals surface area contributed by atoms with Gasteiger partial charge in [0.25, 0.3) is 0 Å². The molecule has 0 saturated heterocycles. The predicted molar refractivity (Wildman–Crippen MR) is 86.9 cm³/mol. The summed E-state index contributed by atoms with van der Waals surface area (Å²) in [4.78, 5) is 16.7. The Labute approximate surface area is 128 Å². The highest BCUT2D eigenvalue weighted by molar-refractivity contribution is 5.78. The zero-order valence-corrected chi connectivity index (χ0v) is 13.2. The molecule has 2 rings (SSSR count). The van der Waals surface area contributed by atoms with Crippen LogP contribution in [0.3, 0.4) is 0 Å². The van der Waals surface area contributed by atoms with Crippen molar-refractivity contribution in [1.82, 2.24) is 9.80 Å². The monoisotopic (exact) mass is 286 g/mol. The number of likely N-dealkylation sites (N-methyl/N-ethyl adjacent to an activating group) is 1. The fraction of sp³-hybridized carbons (Fsp3) is 0.500. The van der Waals surface area contributed by atoms with E-state index in [1.165, 1.54) is 18.4 Å². The fourth-order valence-corrected chi connectivity index (χ4v) is 2.55. The topological polar surface area (TPSA) is 23.6 Å². The molecule has 1 fully saturated rings. The van der Waals surface area contributed by atoms with E-state index in [0.717, 1.165) is 18.7 Å². The molecular formula is C18H26N2O. The Morgan fingerprint density at radius 1 is 1.24 bits per heavy atom. The molecule has 1 aromatic carbocycles. The molecule has 0 heterocycles. The minimum atomic E-state index is 0.211. The second-order valence-corrected chi connectivity index (χ2v) is 5.99. The molecular weight excluding hydrogens is 260 g/mol. The smallest absolute Gasteiger partial charge is 0.237 e. The quantitative estimate of drug-likeness (QED) is 0.686. The molecule has 0 atom stereocenters. The summed E-state index contributed by atoms with van der Waals surface area (Å²) in [5.74, 6) is 0.211. The van der Waals surface area contributed by atoms with E-state index < -0.39 is 0 Å². The number of rotatable bonds is 8. The lowest BCUT2D eigenvalue weighted by Crippen LogP contribution is -2.41. The summed E-state index contributed by atoms with van der Waals surface area (Å²) in [6.45, 7) is 10.7. The Bertz CT molecular complexity index is 479. The number of hydrogen-bond acceptors (Lipinski definition) is 2. The molecule has 0 aliphatic heterocycles. The van der Waals surface area contributed by atoms with Crippen LogP contribution >= 0.6 is 0 Å². The third-order valence-electron chi connectivity index (χ3n) is 3.83. The highest BCUT2D eigenvalue weighted by Crippen LogP contribution is 2.28. The molecule has 3 nitrogen and oxygen atoms in total. The first-order valence-electron chi connectivity index (χ1n) is 7.80. The molecule has 0 bridgehead atoms. The van der Waals surface area contributed by atoms with Crippen LogP contribution < -0.4 is 0 Å². The van der Waals surface area contributed by atoms with Crippen LogP contribution in [0, 0.1) is 0 Å². The average molecular weight is 286 g/mol. The number of nitrogens with zero attached hydrogens (tertiary/aromatic N) is 2. The van der Waals surface area contributed by atoms with E-state index in [4.69, 9.17) is 0 Å². The van der Waals surface area contributed by atoms with Crippen molar-refractivity contribution >= 4 is 5.91 Å². The lowest BCUT2D eigenvalue weighted by molar-refractivity contribution is -0.132. The Morgan fingerprint density at radius 3 is 2.43 bits per heavy atom. The third kappa shape index (κ3) is 5.01. The lowest BCUT2D eigenvalue weighted by Gasteiger charge is -2.27. The molecule has 1 aromatic rings. The van der Waals surface area contributed by atoms with Crippen molar-refractivity contribution in [3.8, 4) is 0 Å². The van der Waals surface area contributed by atoms with Gasteiger partial charge in [0, 0.05) is 25.7 Å². The Morgan fingerprint density at radius 2 is 1.90 bits per heavy atom. The van der Waals surface area contributed by atoms with Crippen molar-refractivity contribution in [2.45, 2.75) is 39.3 Å². The molecule has 114 valence electrons. The Hall–Kier alpha value is -1.61. The summed E-state index contributed by atoms with van der Waals surface area (Å²) in [5.41, 5.74) is 2.31. The largest absolute Gasteiger partial charge is 0.338 e. The van der Waals surface area contributed by atoms with Crippen LogP contribution in [0.1, 0.15) is 32.3 Å². The molecule has 1 saturated carbocycles. The van der Waals surface area contributed by atoms with Crippen molar-refractivity contribution < 1.29 is 4.79 Å². The standard InChI is InChI=1S/C18H26N2O/c1-4-19(12-15(2)3)18(21)14-20(17-10-11-17)13-16-8-6-5-7-9-16/h5-9,17H,2,4,10-14H2,1,3H3. The molecule has 0 radical (unpaired) electrons. The summed E-state index contributed by atoms with van der Waals surface area (Å²) in [6.07, 6.45) is 2.43. The van der Waals surface area contributed by atoms with Gasteiger partial charge in [-0.1, -0.05) is 42.5 Å². The number of amides is 1. The maximum absolute atomic E-state index is 12.5. The zero-order chi connectivity index (χ0) is 15.2. The van der Waals surface area contributed by atoms with E-state index in [2.05, 4.69) is 35.7 Å². The van der Waals surface area contributed by atoms with Crippen LogP contribution in [0.25, 0.3) is 0 Å². The van der Waals surface area contributed by atoms with Crippen molar-refractivity contribution in [2.75, 3.05) is 19.6 Å². The highest BCUT2D eigenvalue weighted by Gasteiger charge is 2.31. The molecule has 0 aromatic heterocycles. The van der Waals surface area contributed by atoms with Gasteiger partial charge < -0.3 is 4.90 Å². The lowest BCUT2D eigenvalue weighted by atomic mass is 10.2. The molecule has 3 heteroatoms. The Balaban J connectivity index is 1.96. The molecule has 0 unspecified atom stereocenters. The fourth-order valence-electron chi connectivity index (χ4n) is 2.55. The maximum atomic E-state index is 12.5. The van der Waals surface area contributed by atoms with Gasteiger partial charge in [0.15, 0.2) is 0 Å². The van der Waals surface area contributed by atoms with Crippen LogP contribution in [-0.4, -0.2) is 41.4 Å². The van der Waals surface area contributed by atoms with Crippen LogP contribution in [0.5, 0.6) is 0 Å². The summed E-state index contributed by atoms with van der Waals surface area (Å²) in [5, 5.41) is 0. The number of benzene rings is 1. The van der Waals surface area contributed by atoms with Gasteiger partial charge in [0.1, 0.15) is 0 Å². The van der Waals surface area contributed by atoms with Crippen LogP contribution in [-0.2, 0) is 11.3 Å². The zero-order valence-electron chi connectivity index (χ0n) is 13.2. The second kappa shape index (κ2) is 7.41. The second-order valence-electron chi connectivity index (χ2n) is 5.99. The minimum Gasteiger partial charge on any atom is -0.338 e. The van der Waals surface area contributed by atoms with E-state index in [1.54, 1.807) is 0 Å². The number of hydrogen-bond donors (Lipinski definition) is 0. The molecule has 21 heavy (non-hydrogen) atoms. The summed E-state index contributed by atoms with van der Waals surface area (Å²) >= 11 is 0. The molecule has 1 aliphatic carbocycles. The van der Waals surface area contributed by atoms with Crippen LogP contribution in [0.4, 0.5) is 0 Å². The van der Waals surface area contributed by atoms with Gasteiger partial charge in [-0.2, -0.15) is 0 Å². The van der Waals surface area contributed by atoms with E-state index in [-0.39, 0.29) is 5.91 Å². The number of carbonyl (C=O) groups excluding carboxylic acids is 1. The summed E-state index contributed by atoms with van der Waals surface area (Å²) in [6, 6.07) is 11.0. The van der Waals surface area contributed by atoms with Crippen molar-refractivity contribution in [2.24, 2.45) is 0 Å². The van der Waals surface area contributed by atoms with Gasteiger partial charge in [-0.3, -0.25) is 9.69 Å². The highest BCUT2D eigenvalue weighted by atomic mass is 16.2. The van der Waals surface area contributed by atoms with Gasteiger partial charge in [0.05, 0.1) is 6.54 Å². The first kappa shape index (κ1) is 15.8. The normalized spacial score (nSPS) is 14.2. The van der Waals surface area contributed by atoms with Crippen LogP contribution in [0.15, 0.2) is 42.5 Å². The molecule has 0 N–H and O–H groups in total. The van der Waals surface area contributed by atoms with Gasteiger partial charge in [-0.25, -0.2) is 0 Å². The minimum absolute atomic E-state index is 0.211. The first-order valence-corrected chi connectivity index (χ1v) is 7.80. The first-order chi connectivity index (χ1) is 10.1. The Kier molecular flexibility index (Phi) is 5.57. The molecule has 0 spiro atoms. The van der Waals surface area contributed by atoms with Crippen molar-refractivity contribution in [1.29, 1.82) is 0 Å². The van der Waals surface area contributed by atoms with Gasteiger partial charge in [-0.15, -0.1) is 0 Å². The van der Waals surface area contributed by atoms with Gasteiger partial charge in [-0.05, 0) is 32.3 Å². The van der Waals surface area contributed by atoms with Crippen molar-refractivity contribution in [3.63, 3.8) is 0 Å². The van der Waals surface area contributed by atoms with E-state index in [0.29, 0.717) is 19.1 Å².